The van der Waals surface area contributed by atoms with Crippen LogP contribution in [0.25, 0.3) is 16.7 Å². The van der Waals surface area contributed by atoms with Gasteiger partial charge in [-0.05, 0) is 42.4 Å². The molecule has 0 aliphatic carbocycles. The van der Waals surface area contributed by atoms with E-state index in [1.54, 1.807) is 0 Å². The first-order valence-corrected chi connectivity index (χ1v) is 7.96. The van der Waals surface area contributed by atoms with E-state index in [0.717, 1.165) is 29.6 Å². The van der Waals surface area contributed by atoms with E-state index >= 15 is 0 Å². The van der Waals surface area contributed by atoms with Crippen LogP contribution in [0.5, 0.6) is 0 Å². The summed E-state index contributed by atoms with van der Waals surface area (Å²) in [5.74, 6) is 0. The Morgan fingerprint density at radius 3 is 2.62 bits per heavy atom. The third-order valence-electron chi connectivity index (χ3n) is 3.48. The average Bonchev–Trinajstić information content (AvgIpc) is 2.76. The third-order valence-corrected chi connectivity index (χ3v) is 4.48. The first kappa shape index (κ1) is 14.6. The maximum absolute atomic E-state index is 6.16. The lowest BCUT2D eigenvalue weighted by atomic mass is 10.1. The van der Waals surface area contributed by atoms with Crippen molar-refractivity contribution in [3.63, 3.8) is 0 Å². The second-order valence-electron chi connectivity index (χ2n) is 4.93. The Hall–Kier alpha value is -1.29. The monoisotopic (exact) mass is 336 g/mol. The van der Waals surface area contributed by atoms with Crippen LogP contribution >= 0.6 is 35.4 Å². The maximum atomic E-state index is 6.16. The van der Waals surface area contributed by atoms with E-state index in [-0.39, 0.29) is 0 Å². The van der Waals surface area contributed by atoms with Crippen LogP contribution in [0.15, 0.2) is 36.4 Å². The number of aryl methyl sites for hydroxylation is 1. The van der Waals surface area contributed by atoms with Crippen LogP contribution in [0.3, 0.4) is 0 Å². The standard InChI is InChI=1S/C16H14Cl2N2S/c1-2-5-10-6-3-4-7-14(10)20-15-9-12(18)11(17)8-13(15)19-16(20)21/h3-4,6-9H,2,5H2,1H3,(H,19,21). The van der Waals surface area contributed by atoms with Crippen LogP contribution in [0.2, 0.25) is 10.0 Å². The minimum atomic E-state index is 0.523. The SMILES string of the molecule is CCCc1ccccc1-n1c(=S)[nH]c2cc(Cl)c(Cl)cc21. The quantitative estimate of drug-likeness (QED) is 0.586. The van der Waals surface area contributed by atoms with E-state index in [1.165, 1.54) is 5.56 Å². The first-order chi connectivity index (χ1) is 10.1. The van der Waals surface area contributed by atoms with E-state index in [2.05, 4.69) is 30.1 Å². The van der Waals surface area contributed by atoms with Crippen LogP contribution < -0.4 is 0 Å². The van der Waals surface area contributed by atoms with Crippen LogP contribution in [0, 0.1) is 4.77 Å². The molecule has 0 radical (unpaired) electrons. The molecular formula is C16H14Cl2N2S. The molecule has 0 saturated heterocycles. The lowest BCUT2D eigenvalue weighted by Gasteiger charge is -2.11. The second-order valence-corrected chi connectivity index (χ2v) is 6.13. The number of aromatic nitrogens is 2. The number of imidazole rings is 1. The van der Waals surface area contributed by atoms with Gasteiger partial charge in [0.1, 0.15) is 0 Å². The number of fused-ring (bicyclic) bond motifs is 1. The number of aromatic amines is 1. The molecule has 0 fully saturated rings. The normalized spacial score (nSPS) is 11.2. The van der Waals surface area contributed by atoms with Crippen molar-refractivity contribution in [2.24, 2.45) is 0 Å². The Morgan fingerprint density at radius 2 is 1.86 bits per heavy atom. The molecular weight excluding hydrogens is 323 g/mol. The van der Waals surface area contributed by atoms with Gasteiger partial charge in [-0.25, -0.2) is 0 Å². The van der Waals surface area contributed by atoms with Crippen molar-refractivity contribution >= 4 is 46.5 Å². The number of H-pyrrole nitrogens is 1. The lowest BCUT2D eigenvalue weighted by molar-refractivity contribution is 0.900. The molecule has 108 valence electrons. The first-order valence-electron chi connectivity index (χ1n) is 6.80. The van der Waals surface area contributed by atoms with Crippen molar-refractivity contribution in [3.05, 3.63) is 56.8 Å². The Morgan fingerprint density at radius 1 is 1.14 bits per heavy atom. The van der Waals surface area contributed by atoms with Crippen LogP contribution in [0.1, 0.15) is 18.9 Å². The van der Waals surface area contributed by atoms with Gasteiger partial charge in [-0.2, -0.15) is 0 Å². The maximum Gasteiger partial charge on any atom is 0.182 e. The molecule has 5 heteroatoms. The predicted octanol–water partition coefficient (Wildman–Crippen LogP) is 5.95. The smallest absolute Gasteiger partial charge is 0.182 e. The molecule has 0 bridgehead atoms. The second kappa shape index (κ2) is 5.84. The highest BCUT2D eigenvalue weighted by molar-refractivity contribution is 7.71. The van der Waals surface area contributed by atoms with Crippen LogP contribution in [0.4, 0.5) is 0 Å². The zero-order valence-corrected chi connectivity index (χ0v) is 13.8. The van der Waals surface area contributed by atoms with E-state index in [0.29, 0.717) is 14.8 Å². The number of nitrogens with zero attached hydrogens (tertiary/aromatic N) is 1. The van der Waals surface area contributed by atoms with Gasteiger partial charge in [0.25, 0.3) is 0 Å². The minimum absolute atomic E-state index is 0.523. The molecule has 0 atom stereocenters. The van der Waals surface area contributed by atoms with E-state index < -0.39 is 0 Å². The van der Waals surface area contributed by atoms with Gasteiger partial charge in [-0.1, -0.05) is 54.7 Å². The molecule has 0 spiro atoms. The molecule has 0 aliphatic heterocycles. The van der Waals surface area contributed by atoms with Crippen molar-refractivity contribution in [2.75, 3.05) is 0 Å². The Labute approximate surface area is 138 Å². The number of rotatable bonds is 3. The molecule has 1 heterocycles. The molecule has 1 aromatic heterocycles. The third kappa shape index (κ3) is 2.61. The zero-order chi connectivity index (χ0) is 15.0. The number of para-hydroxylation sites is 1. The van der Waals surface area contributed by atoms with Gasteiger partial charge in [-0.15, -0.1) is 0 Å². The number of benzene rings is 2. The number of hydrogen-bond acceptors (Lipinski definition) is 1. The number of hydrogen-bond donors (Lipinski definition) is 1. The van der Waals surface area contributed by atoms with Gasteiger partial charge in [0.2, 0.25) is 0 Å². The fourth-order valence-corrected chi connectivity index (χ4v) is 3.18. The van der Waals surface area contributed by atoms with E-state index in [9.17, 15) is 0 Å². The van der Waals surface area contributed by atoms with Crippen molar-refractivity contribution in [1.82, 2.24) is 9.55 Å². The van der Waals surface area contributed by atoms with Gasteiger partial charge in [0.05, 0.1) is 26.8 Å². The molecule has 0 saturated carbocycles. The van der Waals surface area contributed by atoms with Gasteiger partial charge in [0, 0.05) is 0 Å². The van der Waals surface area contributed by atoms with Crippen LogP contribution in [-0.2, 0) is 6.42 Å². The number of nitrogens with one attached hydrogen (secondary N) is 1. The highest BCUT2D eigenvalue weighted by atomic mass is 35.5. The molecule has 2 nitrogen and oxygen atoms in total. The summed E-state index contributed by atoms with van der Waals surface area (Å²) in [6.45, 7) is 2.17. The fraction of sp³-hybridized carbons (Fsp3) is 0.188. The zero-order valence-electron chi connectivity index (χ0n) is 11.5. The predicted molar refractivity (Wildman–Crippen MR) is 92.5 cm³/mol. The summed E-state index contributed by atoms with van der Waals surface area (Å²) in [4.78, 5) is 3.20. The summed E-state index contributed by atoms with van der Waals surface area (Å²) in [7, 11) is 0. The van der Waals surface area contributed by atoms with Crippen molar-refractivity contribution in [2.45, 2.75) is 19.8 Å². The lowest BCUT2D eigenvalue weighted by Crippen LogP contribution is -1.99. The van der Waals surface area contributed by atoms with Crippen LogP contribution in [-0.4, -0.2) is 9.55 Å². The highest BCUT2D eigenvalue weighted by Crippen LogP contribution is 2.30. The molecule has 0 unspecified atom stereocenters. The average molecular weight is 337 g/mol. The molecule has 0 aliphatic rings. The summed E-state index contributed by atoms with van der Waals surface area (Å²) in [6, 6.07) is 12.0. The van der Waals surface area contributed by atoms with Crippen molar-refractivity contribution in [3.8, 4) is 5.69 Å². The van der Waals surface area contributed by atoms with Crippen molar-refractivity contribution in [1.29, 1.82) is 0 Å². The van der Waals surface area contributed by atoms with E-state index in [4.69, 9.17) is 35.4 Å². The largest absolute Gasteiger partial charge is 0.330 e. The van der Waals surface area contributed by atoms with Gasteiger partial charge in [0.15, 0.2) is 4.77 Å². The Balaban J connectivity index is 2.33. The number of halogens is 2. The Bertz CT molecular complexity index is 864. The summed E-state index contributed by atoms with van der Waals surface area (Å²) in [5, 5.41) is 1.05. The van der Waals surface area contributed by atoms with Gasteiger partial charge < -0.3 is 4.98 Å². The molecule has 1 N–H and O–H groups in total. The molecule has 2 aromatic carbocycles. The molecule has 21 heavy (non-hydrogen) atoms. The molecule has 3 rings (SSSR count). The summed E-state index contributed by atoms with van der Waals surface area (Å²) in [5.41, 5.74) is 4.19. The summed E-state index contributed by atoms with van der Waals surface area (Å²) < 4.78 is 2.67. The van der Waals surface area contributed by atoms with Crippen molar-refractivity contribution < 1.29 is 0 Å². The van der Waals surface area contributed by atoms with Gasteiger partial charge >= 0.3 is 0 Å². The highest BCUT2D eigenvalue weighted by Gasteiger charge is 2.12. The minimum Gasteiger partial charge on any atom is -0.330 e. The molecule has 0 amide bonds. The van der Waals surface area contributed by atoms with Gasteiger partial charge in [-0.3, -0.25) is 4.57 Å². The summed E-state index contributed by atoms with van der Waals surface area (Å²) in [6.07, 6.45) is 2.09. The Kier molecular flexibility index (Phi) is 4.07. The topological polar surface area (TPSA) is 20.7 Å². The van der Waals surface area contributed by atoms with E-state index in [1.807, 2.05) is 22.8 Å². The summed E-state index contributed by atoms with van der Waals surface area (Å²) >= 11 is 17.7. The molecule has 3 aromatic rings. The fourth-order valence-electron chi connectivity index (χ4n) is 2.55.